The molecular formula is C49H47Hf. The van der Waals surface area contributed by atoms with Crippen molar-refractivity contribution in [3.8, 4) is 44.5 Å². The molecule has 8 rings (SSSR count). The third-order valence-corrected chi connectivity index (χ3v) is 41.6. The van der Waals surface area contributed by atoms with Crippen LogP contribution in [-0.4, -0.2) is 3.76 Å². The minimum absolute atomic E-state index is 0.372. The van der Waals surface area contributed by atoms with Crippen LogP contribution in [0.3, 0.4) is 0 Å². The van der Waals surface area contributed by atoms with Crippen LogP contribution < -0.4 is 0 Å². The molecule has 0 heterocycles. The minimum atomic E-state index is -4.63. The SMILES string of the molecule is CCC[CH]=[Hf]([CH3])([CH3])([CH3])([CH]1C=Cc2c(-c3ccccc3-c3ccccc3)cccc21)[CH]1C=Cc2c(-c3ccccc3-c3ccccc3)cccc21. The van der Waals surface area contributed by atoms with E-state index < -0.39 is 16.5 Å². The second-order valence-corrected chi connectivity index (χ2v) is 55.7. The Balaban J connectivity index is 1.29. The zero-order valence-electron chi connectivity index (χ0n) is 29.8. The molecule has 2 unspecified atom stereocenters. The maximum atomic E-state index is 2.89. The van der Waals surface area contributed by atoms with Gasteiger partial charge in [0.15, 0.2) is 0 Å². The molecule has 0 aromatic heterocycles. The topological polar surface area (TPSA) is 0 Å². The Morgan fingerprint density at radius 2 is 0.820 bits per heavy atom. The van der Waals surface area contributed by atoms with Crippen molar-refractivity contribution in [3.05, 3.63) is 180 Å². The van der Waals surface area contributed by atoms with Crippen molar-refractivity contribution in [2.45, 2.75) is 41.2 Å². The van der Waals surface area contributed by atoms with E-state index in [2.05, 4.69) is 195 Å². The number of allylic oxidation sites excluding steroid dienone is 2. The van der Waals surface area contributed by atoms with Gasteiger partial charge in [-0.25, -0.2) is 0 Å². The number of rotatable bonds is 8. The van der Waals surface area contributed by atoms with E-state index in [1.165, 1.54) is 66.8 Å². The zero-order valence-corrected chi connectivity index (χ0v) is 33.4. The predicted octanol–water partition coefficient (Wildman–Crippen LogP) is 14.2. The van der Waals surface area contributed by atoms with Gasteiger partial charge in [-0.1, -0.05) is 0 Å². The fourth-order valence-corrected chi connectivity index (χ4v) is 35.7. The van der Waals surface area contributed by atoms with E-state index in [0.717, 1.165) is 12.8 Å². The summed E-state index contributed by atoms with van der Waals surface area (Å²) in [5.41, 5.74) is 16.2. The quantitative estimate of drug-likeness (QED) is 0.134. The second kappa shape index (κ2) is 12.1. The summed E-state index contributed by atoms with van der Waals surface area (Å²) in [5.74, 6) is 0. The average molecular weight is 814 g/mol. The summed E-state index contributed by atoms with van der Waals surface area (Å²) in [7, 11) is 0. The summed E-state index contributed by atoms with van der Waals surface area (Å²) in [6.45, 7) is 2.34. The van der Waals surface area contributed by atoms with Crippen molar-refractivity contribution in [2.24, 2.45) is 0 Å². The van der Waals surface area contributed by atoms with Crippen molar-refractivity contribution in [2.75, 3.05) is 0 Å². The van der Waals surface area contributed by atoms with E-state index in [9.17, 15) is 0 Å². The first-order valence-electron chi connectivity index (χ1n) is 18.4. The molecule has 2 aliphatic carbocycles. The Morgan fingerprint density at radius 3 is 1.24 bits per heavy atom. The number of hydrogen-bond acceptors (Lipinski definition) is 0. The van der Waals surface area contributed by atoms with Crippen LogP contribution in [-0.2, 0) is 16.5 Å². The van der Waals surface area contributed by atoms with Crippen LogP contribution in [0.15, 0.2) is 158 Å². The fourth-order valence-electron chi connectivity index (χ4n) is 9.60. The van der Waals surface area contributed by atoms with Crippen LogP contribution in [0.25, 0.3) is 56.7 Å². The first kappa shape index (κ1) is 32.7. The molecule has 0 amide bonds. The Bertz CT molecular complexity index is 2230. The van der Waals surface area contributed by atoms with Gasteiger partial charge in [0.25, 0.3) is 0 Å². The van der Waals surface area contributed by atoms with Crippen LogP contribution in [0.1, 0.15) is 49.4 Å². The van der Waals surface area contributed by atoms with Gasteiger partial charge in [0.2, 0.25) is 0 Å². The summed E-state index contributed by atoms with van der Waals surface area (Å²) in [4.78, 5) is 0. The molecule has 0 spiro atoms. The molecule has 0 radical (unpaired) electrons. The van der Waals surface area contributed by atoms with E-state index in [4.69, 9.17) is 0 Å². The summed E-state index contributed by atoms with van der Waals surface area (Å²) in [6, 6.07) is 53.7. The molecule has 1 heteroatoms. The number of fused-ring (bicyclic) bond motifs is 2. The van der Waals surface area contributed by atoms with Crippen LogP contribution in [0.4, 0.5) is 0 Å². The molecule has 0 bridgehead atoms. The monoisotopic (exact) mass is 815 g/mol. The summed E-state index contributed by atoms with van der Waals surface area (Å²) < 4.78 is 11.9. The first-order valence-corrected chi connectivity index (χ1v) is 35.4. The molecule has 2 aliphatic rings. The Kier molecular flexibility index (Phi) is 7.92. The van der Waals surface area contributed by atoms with E-state index in [1.807, 2.05) is 0 Å². The predicted molar refractivity (Wildman–Crippen MR) is 217 cm³/mol. The third kappa shape index (κ3) is 5.25. The van der Waals surface area contributed by atoms with Gasteiger partial charge in [0.05, 0.1) is 0 Å². The van der Waals surface area contributed by atoms with Gasteiger partial charge in [-0.15, -0.1) is 0 Å². The molecule has 50 heavy (non-hydrogen) atoms. The van der Waals surface area contributed by atoms with Gasteiger partial charge in [0, 0.05) is 0 Å². The standard InChI is InChI=1S/2C21H15.C4H8.3CH3.Hf/c2*1-2-8-16(9-3-1)18-12-4-5-13-20(18)21-15-7-11-17-10-6-14-19(17)21;1-3-4-2;;;;/h2*1-15H;1H,3-4H2,2H3;3*1H3;. The van der Waals surface area contributed by atoms with Gasteiger partial charge in [-0.2, -0.15) is 0 Å². The van der Waals surface area contributed by atoms with E-state index in [-0.39, 0.29) is 0 Å². The average Bonchev–Trinajstić information content (AvgIpc) is 3.82. The third-order valence-electron chi connectivity index (χ3n) is 12.3. The van der Waals surface area contributed by atoms with Gasteiger partial charge in [0.1, 0.15) is 0 Å². The first-order chi connectivity index (χ1) is 24.2. The molecule has 247 valence electrons. The van der Waals surface area contributed by atoms with Crippen molar-refractivity contribution in [1.82, 2.24) is 0 Å². The Labute approximate surface area is 296 Å². The number of benzene rings is 6. The van der Waals surface area contributed by atoms with E-state index in [0.29, 0.717) is 7.35 Å². The van der Waals surface area contributed by atoms with Crippen LogP contribution in [0.5, 0.6) is 0 Å². The molecule has 0 nitrogen and oxygen atoms in total. The second-order valence-electron chi connectivity index (χ2n) is 16.7. The number of unbranched alkanes of at least 4 members (excludes halogenated alkanes) is 1. The molecule has 0 aliphatic heterocycles. The molecule has 0 N–H and O–H groups in total. The molecule has 6 aromatic rings. The molecular weight excluding hydrogens is 767 g/mol. The van der Waals surface area contributed by atoms with Crippen LogP contribution >= 0.6 is 0 Å². The van der Waals surface area contributed by atoms with Crippen LogP contribution in [0, 0.1) is 0 Å². The molecule has 2 atom stereocenters. The van der Waals surface area contributed by atoms with Gasteiger partial charge < -0.3 is 0 Å². The summed E-state index contributed by atoms with van der Waals surface area (Å²) in [5, 5.41) is 0. The fraction of sp³-hybridized carbons (Fsp3) is 0.163. The summed E-state index contributed by atoms with van der Waals surface area (Å²) >= 11 is -4.63. The van der Waals surface area contributed by atoms with E-state index in [1.54, 1.807) is 0 Å². The van der Waals surface area contributed by atoms with Crippen molar-refractivity contribution in [3.63, 3.8) is 0 Å². The zero-order chi connectivity index (χ0) is 34.4. The van der Waals surface area contributed by atoms with Crippen molar-refractivity contribution >= 4 is 15.9 Å². The van der Waals surface area contributed by atoms with Gasteiger partial charge in [-0.3, -0.25) is 0 Å². The molecule has 0 saturated carbocycles. The van der Waals surface area contributed by atoms with E-state index >= 15 is 0 Å². The Morgan fingerprint density at radius 1 is 0.440 bits per heavy atom. The number of hydrogen-bond donors (Lipinski definition) is 0. The molecule has 0 saturated heterocycles. The van der Waals surface area contributed by atoms with Gasteiger partial charge in [-0.05, 0) is 0 Å². The Hall–Kier alpha value is -4.46. The van der Waals surface area contributed by atoms with Crippen molar-refractivity contribution < 1.29 is 16.5 Å². The maximum absolute atomic E-state index is 4.63. The summed E-state index contributed by atoms with van der Waals surface area (Å²) in [6.07, 6.45) is 12.4. The molecule has 0 fully saturated rings. The molecule has 6 aromatic carbocycles. The van der Waals surface area contributed by atoms with Crippen LogP contribution in [0.2, 0.25) is 14.0 Å². The van der Waals surface area contributed by atoms with Gasteiger partial charge >= 0.3 is 298 Å². The van der Waals surface area contributed by atoms with Crippen molar-refractivity contribution in [1.29, 1.82) is 0 Å². The normalized spacial score (nSPS) is 17.5.